The lowest BCUT2D eigenvalue weighted by atomic mass is 10.1. The van der Waals surface area contributed by atoms with E-state index in [9.17, 15) is 9.59 Å². The van der Waals surface area contributed by atoms with Gasteiger partial charge in [-0.15, -0.1) is 0 Å². The normalized spacial score (nSPS) is 10.7. The number of nitrogens with zero attached hydrogens (tertiary/aromatic N) is 1. The molecule has 2 N–H and O–H groups in total. The summed E-state index contributed by atoms with van der Waals surface area (Å²) in [5.74, 6) is -0.319. The predicted molar refractivity (Wildman–Crippen MR) is 72.9 cm³/mol. The van der Waals surface area contributed by atoms with Gasteiger partial charge in [0.15, 0.2) is 6.61 Å². The number of ether oxygens (including phenoxy) is 1. The Balaban J connectivity index is 2.72. The highest BCUT2D eigenvalue weighted by atomic mass is 16.5. The van der Waals surface area contributed by atoms with Crippen LogP contribution in [-0.2, 0) is 14.3 Å². The van der Waals surface area contributed by atoms with E-state index in [1.54, 1.807) is 18.3 Å². The molecular weight excluding hydrogens is 246 g/mol. The van der Waals surface area contributed by atoms with Crippen molar-refractivity contribution in [1.82, 2.24) is 4.98 Å². The molecule has 1 amide bonds. The van der Waals surface area contributed by atoms with Gasteiger partial charge in [-0.2, -0.15) is 0 Å². The molecule has 0 aliphatic carbocycles. The van der Waals surface area contributed by atoms with Crippen LogP contribution in [0.4, 0.5) is 11.5 Å². The third kappa shape index (κ3) is 5.85. The van der Waals surface area contributed by atoms with Crippen LogP contribution in [0.5, 0.6) is 0 Å². The second kappa shape index (κ2) is 6.17. The monoisotopic (exact) mass is 265 g/mol. The number of rotatable bonds is 4. The second-order valence-corrected chi connectivity index (χ2v) is 5.10. The Kier molecular flexibility index (Phi) is 4.86. The first-order valence-electron chi connectivity index (χ1n) is 5.94. The van der Waals surface area contributed by atoms with Crippen LogP contribution in [0, 0.1) is 0 Å². The van der Waals surface area contributed by atoms with E-state index in [0.717, 1.165) is 0 Å². The molecule has 1 aromatic rings. The molecule has 0 spiro atoms. The molecule has 1 rings (SSSR count). The average molecular weight is 265 g/mol. The van der Waals surface area contributed by atoms with Gasteiger partial charge in [0, 0.05) is 18.7 Å². The number of esters is 1. The number of anilines is 2. The van der Waals surface area contributed by atoms with Crippen molar-refractivity contribution in [3.8, 4) is 0 Å². The highest BCUT2D eigenvalue weighted by molar-refractivity contribution is 5.95. The Bertz CT molecular complexity index is 466. The van der Waals surface area contributed by atoms with Crippen LogP contribution in [0.25, 0.3) is 0 Å². The first kappa shape index (κ1) is 14.9. The van der Waals surface area contributed by atoms with Crippen LogP contribution in [-0.4, -0.2) is 29.0 Å². The first-order chi connectivity index (χ1) is 8.78. The zero-order chi connectivity index (χ0) is 14.5. The minimum Gasteiger partial charge on any atom is -0.456 e. The number of aromatic nitrogens is 1. The summed E-state index contributed by atoms with van der Waals surface area (Å²) in [6, 6.07) is 3.45. The maximum absolute atomic E-state index is 11.6. The Morgan fingerprint density at radius 2 is 2.05 bits per heavy atom. The molecule has 6 nitrogen and oxygen atoms in total. The number of amides is 1. The SMILES string of the molecule is CC(=O)OCC(=O)Nc1cccnc1NC(C)(C)C. The summed E-state index contributed by atoms with van der Waals surface area (Å²) in [4.78, 5) is 26.4. The maximum Gasteiger partial charge on any atom is 0.303 e. The van der Waals surface area contributed by atoms with Gasteiger partial charge >= 0.3 is 5.97 Å². The van der Waals surface area contributed by atoms with Gasteiger partial charge < -0.3 is 15.4 Å². The second-order valence-electron chi connectivity index (χ2n) is 5.10. The van der Waals surface area contributed by atoms with E-state index in [-0.39, 0.29) is 12.1 Å². The molecule has 0 aliphatic heterocycles. The third-order valence-electron chi connectivity index (χ3n) is 1.98. The van der Waals surface area contributed by atoms with Crippen LogP contribution in [0.3, 0.4) is 0 Å². The molecule has 1 aromatic heterocycles. The minimum absolute atomic E-state index is 0.177. The summed E-state index contributed by atoms with van der Waals surface area (Å²) in [7, 11) is 0. The average Bonchev–Trinajstić information content (AvgIpc) is 2.27. The fourth-order valence-electron chi connectivity index (χ4n) is 1.31. The predicted octanol–water partition coefficient (Wildman–Crippen LogP) is 1.79. The van der Waals surface area contributed by atoms with Gasteiger partial charge in [0.25, 0.3) is 5.91 Å². The number of nitrogens with one attached hydrogen (secondary N) is 2. The lowest BCUT2D eigenvalue weighted by Crippen LogP contribution is -2.28. The van der Waals surface area contributed by atoms with E-state index in [1.807, 2.05) is 20.8 Å². The van der Waals surface area contributed by atoms with Crippen molar-refractivity contribution in [2.45, 2.75) is 33.2 Å². The zero-order valence-electron chi connectivity index (χ0n) is 11.6. The lowest BCUT2D eigenvalue weighted by molar-refractivity contribution is -0.144. The Hall–Kier alpha value is -2.11. The van der Waals surface area contributed by atoms with Crippen molar-refractivity contribution in [3.63, 3.8) is 0 Å². The molecule has 0 unspecified atom stereocenters. The van der Waals surface area contributed by atoms with E-state index in [4.69, 9.17) is 0 Å². The van der Waals surface area contributed by atoms with Crippen LogP contribution in [0.1, 0.15) is 27.7 Å². The van der Waals surface area contributed by atoms with Gasteiger partial charge in [-0.3, -0.25) is 9.59 Å². The van der Waals surface area contributed by atoms with E-state index in [1.165, 1.54) is 6.92 Å². The van der Waals surface area contributed by atoms with Gasteiger partial charge in [-0.25, -0.2) is 4.98 Å². The van der Waals surface area contributed by atoms with Crippen molar-refractivity contribution in [2.75, 3.05) is 17.2 Å². The fraction of sp³-hybridized carbons (Fsp3) is 0.462. The van der Waals surface area contributed by atoms with Gasteiger partial charge in [0.05, 0.1) is 5.69 Å². The topological polar surface area (TPSA) is 80.3 Å². The molecule has 104 valence electrons. The maximum atomic E-state index is 11.6. The Morgan fingerprint density at radius 3 is 2.63 bits per heavy atom. The molecule has 1 heterocycles. The first-order valence-corrected chi connectivity index (χ1v) is 5.94. The highest BCUT2D eigenvalue weighted by Crippen LogP contribution is 2.21. The molecule has 0 aliphatic rings. The summed E-state index contributed by atoms with van der Waals surface area (Å²) >= 11 is 0. The van der Waals surface area contributed by atoms with Crippen molar-refractivity contribution in [3.05, 3.63) is 18.3 Å². The molecular formula is C13H19N3O3. The van der Waals surface area contributed by atoms with Gasteiger partial charge in [0.2, 0.25) is 0 Å². The summed E-state index contributed by atoms with van der Waals surface area (Å²) in [6.45, 7) is 6.92. The molecule has 19 heavy (non-hydrogen) atoms. The number of carbonyl (C=O) groups is 2. The number of hydrogen-bond donors (Lipinski definition) is 2. The van der Waals surface area contributed by atoms with E-state index >= 15 is 0 Å². The molecule has 0 saturated carbocycles. The number of pyridine rings is 1. The largest absolute Gasteiger partial charge is 0.456 e. The van der Waals surface area contributed by atoms with E-state index in [2.05, 4.69) is 20.4 Å². The summed E-state index contributed by atoms with van der Waals surface area (Å²) in [5, 5.41) is 5.83. The number of hydrogen-bond acceptors (Lipinski definition) is 5. The molecule has 6 heteroatoms. The van der Waals surface area contributed by atoms with Crippen LogP contribution in [0.15, 0.2) is 18.3 Å². The third-order valence-corrected chi connectivity index (χ3v) is 1.98. The van der Waals surface area contributed by atoms with Gasteiger partial charge in [-0.1, -0.05) is 0 Å². The molecule has 0 bridgehead atoms. The Labute approximate surface area is 112 Å². The van der Waals surface area contributed by atoms with Crippen molar-refractivity contribution < 1.29 is 14.3 Å². The summed E-state index contributed by atoms with van der Waals surface area (Å²) in [5.41, 5.74) is 0.374. The minimum atomic E-state index is -0.491. The smallest absolute Gasteiger partial charge is 0.303 e. The fourth-order valence-corrected chi connectivity index (χ4v) is 1.31. The molecule has 0 aromatic carbocycles. The van der Waals surface area contributed by atoms with Crippen LogP contribution >= 0.6 is 0 Å². The van der Waals surface area contributed by atoms with Crippen LogP contribution in [0.2, 0.25) is 0 Å². The zero-order valence-corrected chi connectivity index (χ0v) is 11.6. The Morgan fingerprint density at radius 1 is 1.37 bits per heavy atom. The van der Waals surface area contributed by atoms with Crippen LogP contribution < -0.4 is 10.6 Å². The van der Waals surface area contributed by atoms with Gasteiger partial charge in [-0.05, 0) is 32.9 Å². The molecule has 0 fully saturated rings. The van der Waals surface area contributed by atoms with Crippen molar-refractivity contribution in [1.29, 1.82) is 0 Å². The number of carbonyl (C=O) groups excluding carboxylic acids is 2. The highest BCUT2D eigenvalue weighted by Gasteiger charge is 2.14. The summed E-state index contributed by atoms with van der Waals surface area (Å²) < 4.78 is 4.62. The molecule has 0 atom stereocenters. The van der Waals surface area contributed by atoms with Crippen molar-refractivity contribution >= 4 is 23.4 Å². The van der Waals surface area contributed by atoms with E-state index < -0.39 is 11.9 Å². The molecule has 0 radical (unpaired) electrons. The van der Waals surface area contributed by atoms with Gasteiger partial charge in [0.1, 0.15) is 5.82 Å². The lowest BCUT2D eigenvalue weighted by Gasteiger charge is -2.23. The van der Waals surface area contributed by atoms with E-state index in [0.29, 0.717) is 11.5 Å². The quantitative estimate of drug-likeness (QED) is 0.811. The molecule has 0 saturated heterocycles. The van der Waals surface area contributed by atoms with Crippen molar-refractivity contribution in [2.24, 2.45) is 0 Å². The standard InChI is InChI=1S/C13H19N3O3/c1-9(17)19-8-11(18)15-10-6-5-7-14-12(10)16-13(2,3)4/h5-7H,8H2,1-4H3,(H,14,16)(H,15,18). The summed E-state index contributed by atoms with van der Waals surface area (Å²) in [6.07, 6.45) is 1.63.